The SMILES string of the molecule is O=c1c([N+](=O)[O-])n[nH]c2nc(=S)[nH]n12. The smallest absolute Gasteiger partial charge is 0.358 e. The molecule has 0 saturated carbocycles. The third-order valence-corrected chi connectivity index (χ3v) is 1.64. The third kappa shape index (κ3) is 1.08. The van der Waals surface area contributed by atoms with Crippen LogP contribution in [0.5, 0.6) is 0 Å². The van der Waals surface area contributed by atoms with E-state index in [9.17, 15) is 14.9 Å². The van der Waals surface area contributed by atoms with E-state index < -0.39 is 16.3 Å². The molecule has 0 unspecified atom stereocenters. The maximum atomic E-state index is 11.3. The maximum absolute atomic E-state index is 11.3. The van der Waals surface area contributed by atoms with Crippen LogP contribution in [0.1, 0.15) is 0 Å². The first-order valence-electron chi connectivity index (χ1n) is 3.31. The zero-order chi connectivity index (χ0) is 10.3. The molecular formula is C4H2N6O3S. The molecule has 72 valence electrons. The predicted octanol–water partition coefficient (Wildman–Crippen LogP) is -0.617. The molecule has 9 nitrogen and oxygen atoms in total. The second-order valence-electron chi connectivity index (χ2n) is 2.30. The number of nitrogens with zero attached hydrogens (tertiary/aromatic N) is 4. The van der Waals surface area contributed by atoms with Gasteiger partial charge in [0.25, 0.3) is 5.78 Å². The zero-order valence-corrected chi connectivity index (χ0v) is 7.24. The van der Waals surface area contributed by atoms with Gasteiger partial charge in [-0.05, 0) is 17.1 Å². The third-order valence-electron chi connectivity index (χ3n) is 1.46. The van der Waals surface area contributed by atoms with Crippen molar-refractivity contribution in [1.29, 1.82) is 0 Å². The van der Waals surface area contributed by atoms with Gasteiger partial charge in [-0.25, -0.2) is 0 Å². The van der Waals surface area contributed by atoms with Gasteiger partial charge in [0.05, 0.1) is 5.10 Å². The molecule has 2 aromatic heterocycles. The van der Waals surface area contributed by atoms with Crippen molar-refractivity contribution in [2.75, 3.05) is 0 Å². The molecule has 0 aliphatic heterocycles. The molecule has 0 aliphatic rings. The van der Waals surface area contributed by atoms with E-state index in [1.54, 1.807) is 0 Å². The van der Waals surface area contributed by atoms with Crippen molar-refractivity contribution in [3.8, 4) is 0 Å². The summed E-state index contributed by atoms with van der Waals surface area (Å²) >= 11 is 4.64. The number of rotatable bonds is 1. The number of hydrogen-bond donors (Lipinski definition) is 2. The van der Waals surface area contributed by atoms with Crippen LogP contribution in [-0.2, 0) is 0 Å². The molecule has 2 rings (SSSR count). The molecule has 2 heterocycles. The lowest BCUT2D eigenvalue weighted by atomic mass is 10.7. The topological polar surface area (TPSA) is 122 Å². The molecule has 14 heavy (non-hydrogen) atoms. The molecule has 10 heteroatoms. The van der Waals surface area contributed by atoms with E-state index in [0.29, 0.717) is 0 Å². The van der Waals surface area contributed by atoms with Crippen molar-refractivity contribution in [2.45, 2.75) is 0 Å². The average Bonchev–Trinajstić information content (AvgIpc) is 2.46. The van der Waals surface area contributed by atoms with Gasteiger partial charge in [0.15, 0.2) is 0 Å². The van der Waals surface area contributed by atoms with Crippen LogP contribution in [-0.4, -0.2) is 29.7 Å². The monoisotopic (exact) mass is 214 g/mol. The van der Waals surface area contributed by atoms with Gasteiger partial charge in [0, 0.05) is 0 Å². The highest BCUT2D eigenvalue weighted by Gasteiger charge is 2.17. The molecule has 0 saturated heterocycles. The number of nitrogens with one attached hydrogen (secondary N) is 2. The van der Waals surface area contributed by atoms with Crippen LogP contribution in [0.3, 0.4) is 0 Å². The van der Waals surface area contributed by atoms with E-state index in [4.69, 9.17) is 0 Å². The van der Waals surface area contributed by atoms with Crippen LogP contribution in [0, 0.1) is 14.9 Å². The lowest BCUT2D eigenvalue weighted by Crippen LogP contribution is -2.20. The molecule has 0 atom stereocenters. The molecule has 0 aliphatic carbocycles. The Morgan fingerprint density at radius 2 is 2.29 bits per heavy atom. The Morgan fingerprint density at radius 3 is 2.93 bits per heavy atom. The van der Waals surface area contributed by atoms with Crippen LogP contribution in [0.2, 0.25) is 0 Å². The van der Waals surface area contributed by atoms with Crippen LogP contribution >= 0.6 is 12.2 Å². The van der Waals surface area contributed by atoms with Gasteiger partial charge in [0.1, 0.15) is 0 Å². The molecular weight excluding hydrogens is 212 g/mol. The van der Waals surface area contributed by atoms with Crippen LogP contribution in [0.25, 0.3) is 5.78 Å². The van der Waals surface area contributed by atoms with Gasteiger partial charge in [0.2, 0.25) is 4.77 Å². The summed E-state index contributed by atoms with van der Waals surface area (Å²) in [6.07, 6.45) is 0. The molecule has 0 fully saturated rings. The Bertz CT molecular complexity index is 622. The Kier molecular flexibility index (Phi) is 1.64. The molecule has 0 radical (unpaired) electrons. The van der Waals surface area contributed by atoms with E-state index in [-0.39, 0.29) is 10.5 Å². The van der Waals surface area contributed by atoms with Gasteiger partial charge in [-0.1, -0.05) is 0 Å². The fourth-order valence-electron chi connectivity index (χ4n) is 0.911. The molecule has 0 spiro atoms. The number of H-pyrrole nitrogens is 2. The zero-order valence-electron chi connectivity index (χ0n) is 6.42. The fourth-order valence-corrected chi connectivity index (χ4v) is 1.09. The van der Waals surface area contributed by atoms with Crippen LogP contribution in [0.15, 0.2) is 4.79 Å². The van der Waals surface area contributed by atoms with Crippen molar-refractivity contribution in [2.24, 2.45) is 0 Å². The van der Waals surface area contributed by atoms with Crippen molar-refractivity contribution in [3.63, 3.8) is 0 Å². The first-order valence-corrected chi connectivity index (χ1v) is 3.72. The lowest BCUT2D eigenvalue weighted by molar-refractivity contribution is -0.391. The molecule has 0 amide bonds. The van der Waals surface area contributed by atoms with Crippen LogP contribution in [0.4, 0.5) is 5.82 Å². The van der Waals surface area contributed by atoms with Crippen molar-refractivity contribution >= 4 is 23.8 Å². The fraction of sp³-hybridized carbons (Fsp3) is 0. The van der Waals surface area contributed by atoms with Crippen molar-refractivity contribution in [1.82, 2.24) is 24.8 Å². The first-order chi connectivity index (χ1) is 6.59. The van der Waals surface area contributed by atoms with Gasteiger partial charge in [-0.2, -0.15) is 9.50 Å². The van der Waals surface area contributed by atoms with E-state index in [2.05, 4.69) is 32.5 Å². The van der Waals surface area contributed by atoms with Crippen molar-refractivity contribution in [3.05, 3.63) is 25.2 Å². The Balaban J connectivity index is 2.95. The highest BCUT2D eigenvalue weighted by molar-refractivity contribution is 7.71. The number of nitro groups is 1. The minimum atomic E-state index is -0.910. The van der Waals surface area contributed by atoms with E-state index in [0.717, 1.165) is 4.52 Å². The number of aromatic nitrogens is 5. The summed E-state index contributed by atoms with van der Waals surface area (Å²) in [6.45, 7) is 0. The Morgan fingerprint density at radius 1 is 1.57 bits per heavy atom. The predicted molar refractivity (Wildman–Crippen MR) is 45.4 cm³/mol. The molecule has 2 aromatic rings. The molecule has 2 N–H and O–H groups in total. The van der Waals surface area contributed by atoms with E-state index in [1.807, 2.05) is 0 Å². The summed E-state index contributed by atoms with van der Waals surface area (Å²) in [5.74, 6) is -0.785. The summed E-state index contributed by atoms with van der Waals surface area (Å²) in [5, 5.41) is 18.1. The summed E-state index contributed by atoms with van der Waals surface area (Å²) < 4.78 is 0.869. The highest BCUT2D eigenvalue weighted by Crippen LogP contribution is 1.96. The number of aromatic amines is 2. The minimum absolute atomic E-state index is 0.0330. The summed E-state index contributed by atoms with van der Waals surface area (Å²) in [7, 11) is 0. The Hall–Kier alpha value is -2.10. The first kappa shape index (κ1) is 8.50. The summed E-state index contributed by atoms with van der Waals surface area (Å²) in [5.41, 5.74) is -0.910. The van der Waals surface area contributed by atoms with E-state index >= 15 is 0 Å². The standard InChI is InChI=1S/C4H2N6O3S/c11-2-1(10(12)13)6-7-3-5-4(14)8-9(2)3/h(H2,5,7,8,14). The quantitative estimate of drug-likeness (QED) is 0.370. The normalized spacial score (nSPS) is 10.6. The second kappa shape index (κ2) is 2.70. The maximum Gasteiger partial charge on any atom is 0.455 e. The van der Waals surface area contributed by atoms with E-state index in [1.165, 1.54) is 0 Å². The number of fused-ring (bicyclic) bond motifs is 1. The molecule has 0 bridgehead atoms. The minimum Gasteiger partial charge on any atom is -0.358 e. The largest absolute Gasteiger partial charge is 0.455 e. The second-order valence-corrected chi connectivity index (χ2v) is 2.68. The van der Waals surface area contributed by atoms with Crippen molar-refractivity contribution < 1.29 is 4.92 Å². The van der Waals surface area contributed by atoms with Gasteiger partial charge in [-0.3, -0.25) is 9.89 Å². The van der Waals surface area contributed by atoms with Gasteiger partial charge in [-0.15, -0.1) is 5.10 Å². The van der Waals surface area contributed by atoms with Gasteiger partial charge >= 0.3 is 11.4 Å². The number of hydrogen-bond acceptors (Lipinski definition) is 6. The summed E-state index contributed by atoms with van der Waals surface area (Å²) in [6, 6.07) is 0. The Labute approximate surface area is 79.5 Å². The van der Waals surface area contributed by atoms with Gasteiger partial charge < -0.3 is 10.1 Å². The molecule has 0 aromatic carbocycles. The summed E-state index contributed by atoms with van der Waals surface area (Å²) in [4.78, 5) is 24.4. The average molecular weight is 214 g/mol. The van der Waals surface area contributed by atoms with Crippen LogP contribution < -0.4 is 5.56 Å². The highest BCUT2D eigenvalue weighted by atomic mass is 32.1. The lowest BCUT2D eigenvalue weighted by Gasteiger charge is -1.90.